The molecule has 0 saturated carbocycles. The second-order valence-corrected chi connectivity index (χ2v) is 17.3. The maximum atomic E-state index is 3.91. The first-order chi connectivity index (χ1) is 10.0. The maximum Gasteiger partial charge on any atom is 0 e. The van der Waals surface area contributed by atoms with Gasteiger partial charge in [-0.1, -0.05) is 64.1 Å². The van der Waals surface area contributed by atoms with Crippen molar-refractivity contribution in [1.82, 2.24) is 9.97 Å². The molecular formula is C18H30N2PdSi2-4. The molecule has 0 aromatic carbocycles. The van der Waals surface area contributed by atoms with E-state index in [1.807, 2.05) is 24.3 Å². The van der Waals surface area contributed by atoms with Gasteiger partial charge in [-0.25, -0.2) is 0 Å². The van der Waals surface area contributed by atoms with Crippen molar-refractivity contribution in [3.8, 4) is 0 Å². The molecule has 5 heteroatoms. The largest absolute Gasteiger partial charge is 0.394 e. The second kappa shape index (κ2) is 16.3. The van der Waals surface area contributed by atoms with Gasteiger partial charge in [-0.2, -0.15) is 36.4 Å². The van der Waals surface area contributed by atoms with E-state index >= 15 is 0 Å². The minimum atomic E-state index is -0.861. The fourth-order valence-corrected chi connectivity index (χ4v) is 0.555. The summed E-state index contributed by atoms with van der Waals surface area (Å²) >= 11 is 0. The number of rotatable bonds is 0. The molecule has 2 nitrogen and oxygen atoms in total. The fourth-order valence-electron chi connectivity index (χ4n) is 0.555. The molecule has 0 N–H and O–H groups in total. The van der Waals surface area contributed by atoms with Crippen molar-refractivity contribution in [2.24, 2.45) is 0 Å². The van der Waals surface area contributed by atoms with E-state index in [0.717, 1.165) is 0 Å². The zero-order valence-corrected chi connectivity index (χ0v) is 18.8. The summed E-state index contributed by atoms with van der Waals surface area (Å²) in [5.74, 6) is 0. The molecule has 2 aromatic rings. The molecule has 0 aliphatic rings. The van der Waals surface area contributed by atoms with Crippen LogP contribution in [0.5, 0.6) is 0 Å². The molecule has 0 radical (unpaired) electrons. The summed E-state index contributed by atoms with van der Waals surface area (Å²) in [6.07, 6.45) is 8.67. The Labute approximate surface area is 159 Å². The van der Waals surface area contributed by atoms with Crippen LogP contribution in [-0.4, -0.2) is 26.1 Å². The van der Waals surface area contributed by atoms with Crippen LogP contribution >= 0.6 is 0 Å². The minimum Gasteiger partial charge on any atom is -0.394 e. The van der Waals surface area contributed by atoms with Gasteiger partial charge in [-0.15, -0.1) is 16.1 Å². The van der Waals surface area contributed by atoms with Crippen LogP contribution in [0.2, 0.25) is 39.3 Å². The molecule has 0 unspecified atom stereocenters. The van der Waals surface area contributed by atoms with Crippen LogP contribution in [0.4, 0.5) is 0 Å². The molecule has 2 heterocycles. The van der Waals surface area contributed by atoms with Crippen LogP contribution in [0.25, 0.3) is 0 Å². The number of hydrogen-bond acceptors (Lipinski definition) is 2. The SMILES string of the molecule is [CH2-][Si](C)(C)C.[CH2-][Si](C)(C)C.[Pd].[c-]1ccccn1.[c-]1ccccn1. The van der Waals surface area contributed by atoms with E-state index in [-0.39, 0.29) is 20.4 Å². The molecule has 0 aliphatic heterocycles. The summed E-state index contributed by atoms with van der Waals surface area (Å²) in [4.78, 5) is 7.32. The summed E-state index contributed by atoms with van der Waals surface area (Å²) < 4.78 is 0. The van der Waals surface area contributed by atoms with Gasteiger partial charge >= 0.3 is 0 Å². The van der Waals surface area contributed by atoms with Crippen LogP contribution in [0.1, 0.15) is 0 Å². The van der Waals surface area contributed by atoms with Gasteiger partial charge < -0.3 is 23.1 Å². The number of pyridine rings is 2. The second-order valence-electron chi connectivity index (χ2n) is 7.04. The summed E-state index contributed by atoms with van der Waals surface area (Å²) in [7, 11) is -1.72. The standard InChI is InChI=1S/2C5H4N.2C4H11Si.Pd/c2*1-2-4-6-5-3-1;2*1-5(2,3)4;/h2*1-4H;2*1H2,2-4H3;/q4*-1;. The zero-order chi connectivity index (χ0) is 17.5. The van der Waals surface area contributed by atoms with Crippen LogP contribution in [-0.2, 0) is 20.4 Å². The quantitative estimate of drug-likeness (QED) is 0.421. The van der Waals surface area contributed by atoms with E-state index in [2.05, 4.69) is 74.7 Å². The van der Waals surface area contributed by atoms with E-state index < -0.39 is 16.1 Å². The van der Waals surface area contributed by atoms with Crippen LogP contribution in [0, 0.1) is 25.5 Å². The average molecular weight is 437 g/mol. The maximum absolute atomic E-state index is 3.91. The first-order valence-electron chi connectivity index (χ1n) is 7.25. The van der Waals surface area contributed by atoms with Crippen LogP contribution in [0.3, 0.4) is 0 Å². The summed E-state index contributed by atoms with van der Waals surface area (Å²) in [6, 6.07) is 11.0. The summed E-state index contributed by atoms with van der Waals surface area (Å²) in [5, 5.41) is 0. The minimum absolute atomic E-state index is 0. The van der Waals surface area contributed by atoms with Crippen LogP contribution < -0.4 is 0 Å². The van der Waals surface area contributed by atoms with Gasteiger partial charge in [0.15, 0.2) is 0 Å². The molecule has 0 saturated heterocycles. The van der Waals surface area contributed by atoms with E-state index in [1.165, 1.54) is 0 Å². The van der Waals surface area contributed by atoms with Gasteiger partial charge in [0.1, 0.15) is 0 Å². The van der Waals surface area contributed by atoms with Crippen molar-refractivity contribution >= 4 is 16.1 Å². The molecule has 0 fully saturated rings. The molecule has 2 aromatic heterocycles. The third-order valence-electron chi connectivity index (χ3n) is 1.03. The molecule has 134 valence electrons. The van der Waals surface area contributed by atoms with E-state index in [1.54, 1.807) is 24.5 Å². The van der Waals surface area contributed by atoms with E-state index in [0.29, 0.717) is 0 Å². The Morgan fingerprint density at radius 2 is 0.913 bits per heavy atom. The van der Waals surface area contributed by atoms with Gasteiger partial charge in [-0.3, -0.25) is 0 Å². The average Bonchev–Trinajstić information content (AvgIpc) is 2.40. The van der Waals surface area contributed by atoms with Gasteiger partial charge in [0.2, 0.25) is 0 Å². The summed E-state index contributed by atoms with van der Waals surface area (Å²) in [5.41, 5.74) is 0. The van der Waals surface area contributed by atoms with Crippen molar-refractivity contribution in [2.75, 3.05) is 0 Å². The van der Waals surface area contributed by atoms with Crippen molar-refractivity contribution in [3.63, 3.8) is 0 Å². The monoisotopic (exact) mass is 436 g/mol. The first kappa shape index (κ1) is 27.3. The molecule has 0 bridgehead atoms. The molecular weight excluding hydrogens is 407 g/mol. The fraction of sp³-hybridized carbons (Fsp3) is 0.333. The van der Waals surface area contributed by atoms with Gasteiger partial charge in [0, 0.05) is 20.4 Å². The van der Waals surface area contributed by atoms with Gasteiger partial charge in [0.25, 0.3) is 0 Å². The van der Waals surface area contributed by atoms with Crippen molar-refractivity contribution in [3.05, 3.63) is 74.3 Å². The Morgan fingerprint density at radius 3 is 0.957 bits per heavy atom. The number of aromatic nitrogens is 2. The van der Waals surface area contributed by atoms with Gasteiger partial charge in [0.05, 0.1) is 0 Å². The predicted octanol–water partition coefficient (Wildman–Crippen LogP) is 5.16. The summed E-state index contributed by atoms with van der Waals surface area (Å²) in [6.45, 7) is 21.1. The Bertz CT molecular complexity index is 317. The van der Waals surface area contributed by atoms with E-state index in [4.69, 9.17) is 0 Å². The molecule has 2 rings (SSSR count). The number of nitrogens with zero attached hydrogens (tertiary/aromatic N) is 2. The molecule has 0 spiro atoms. The Balaban J connectivity index is -0.000000230. The third kappa shape index (κ3) is 62.0. The van der Waals surface area contributed by atoms with Crippen molar-refractivity contribution in [1.29, 1.82) is 0 Å². The predicted molar refractivity (Wildman–Crippen MR) is 104 cm³/mol. The Morgan fingerprint density at radius 1 is 0.652 bits per heavy atom. The topological polar surface area (TPSA) is 25.8 Å². The van der Waals surface area contributed by atoms with E-state index in [9.17, 15) is 0 Å². The van der Waals surface area contributed by atoms with Gasteiger partial charge in [-0.05, 0) is 0 Å². The Hall–Kier alpha value is -0.604. The molecule has 0 amide bonds. The molecule has 23 heavy (non-hydrogen) atoms. The normalized spacial score (nSPS) is 9.39. The smallest absolute Gasteiger partial charge is 0 e. The molecule has 0 aliphatic carbocycles. The Kier molecular flexibility index (Phi) is 19.3. The zero-order valence-electron chi connectivity index (χ0n) is 15.2. The van der Waals surface area contributed by atoms with Crippen molar-refractivity contribution in [2.45, 2.75) is 39.3 Å². The number of hydrogen-bond donors (Lipinski definition) is 0. The third-order valence-corrected chi connectivity index (χ3v) is 1.03. The van der Waals surface area contributed by atoms with Crippen molar-refractivity contribution < 1.29 is 20.4 Å². The molecule has 0 atom stereocenters. The van der Waals surface area contributed by atoms with Crippen LogP contribution in [0.15, 0.2) is 48.8 Å². The first-order valence-corrected chi connectivity index (χ1v) is 14.7.